The summed E-state index contributed by atoms with van der Waals surface area (Å²) >= 11 is 0. The second-order valence-electron chi connectivity index (χ2n) is 3.28. The van der Waals surface area contributed by atoms with Crippen LogP contribution in [0.4, 0.5) is 8.78 Å². The minimum Gasteiger partial charge on any atom is -0.174 e. The molecule has 0 aliphatic rings. The van der Waals surface area contributed by atoms with Crippen LogP contribution in [-0.2, 0) is 0 Å². The van der Waals surface area contributed by atoms with Crippen molar-refractivity contribution >= 4 is 0 Å². The molecule has 0 amide bonds. The fourth-order valence-electron chi connectivity index (χ4n) is 1.19. The fraction of sp³-hybridized carbons (Fsp3) is 0.800. The highest BCUT2D eigenvalue weighted by Crippen LogP contribution is 2.14. The van der Waals surface area contributed by atoms with Gasteiger partial charge in [0.2, 0.25) is 0 Å². The van der Waals surface area contributed by atoms with Crippen LogP contribution in [-0.4, -0.2) is 0 Å². The summed E-state index contributed by atoms with van der Waals surface area (Å²) < 4.78 is 23.4. The summed E-state index contributed by atoms with van der Waals surface area (Å²) in [5.74, 6) is 0.0341. The van der Waals surface area contributed by atoms with E-state index in [0.29, 0.717) is 0 Å². The van der Waals surface area contributed by atoms with E-state index in [1.165, 1.54) is 19.3 Å². The number of rotatable bonds is 6. The molecule has 0 saturated carbocycles. The molecule has 0 radical (unpaired) electrons. The first-order valence-electron chi connectivity index (χ1n) is 4.69. The molecule has 0 saturated heterocycles. The molecular formula is C10H18F2. The summed E-state index contributed by atoms with van der Waals surface area (Å²) in [5.41, 5.74) is 0. The van der Waals surface area contributed by atoms with E-state index in [-0.39, 0.29) is 5.92 Å². The first-order chi connectivity index (χ1) is 5.66. The molecular weight excluding hydrogens is 158 g/mol. The van der Waals surface area contributed by atoms with Crippen LogP contribution < -0.4 is 0 Å². The van der Waals surface area contributed by atoms with Crippen molar-refractivity contribution in [2.45, 2.75) is 46.0 Å². The standard InChI is InChI=1S/C10H18F2/c1-3-4-5-6-7-9(2)8-10(11)12/h8-9H,3-7H2,1-2H3. The Balaban J connectivity index is 3.32. The van der Waals surface area contributed by atoms with Gasteiger partial charge in [-0.2, -0.15) is 8.78 Å². The molecule has 1 unspecified atom stereocenters. The highest BCUT2D eigenvalue weighted by Gasteiger charge is 1.99. The number of hydrogen-bond donors (Lipinski definition) is 0. The molecule has 0 aromatic heterocycles. The van der Waals surface area contributed by atoms with Crippen LogP contribution >= 0.6 is 0 Å². The lowest BCUT2D eigenvalue weighted by Gasteiger charge is -2.03. The van der Waals surface area contributed by atoms with E-state index >= 15 is 0 Å². The Labute approximate surface area is 73.7 Å². The smallest absolute Gasteiger partial charge is 0.174 e. The molecule has 0 N–H and O–H groups in total. The Kier molecular flexibility index (Phi) is 7.02. The van der Waals surface area contributed by atoms with E-state index in [0.717, 1.165) is 18.9 Å². The third-order valence-electron chi connectivity index (χ3n) is 1.92. The number of halogens is 2. The summed E-state index contributed by atoms with van der Waals surface area (Å²) in [6.07, 6.45) is 5.04. The zero-order valence-corrected chi connectivity index (χ0v) is 7.95. The Hall–Kier alpha value is -0.400. The van der Waals surface area contributed by atoms with Crippen molar-refractivity contribution in [2.24, 2.45) is 5.92 Å². The summed E-state index contributed by atoms with van der Waals surface area (Å²) in [6, 6.07) is 0. The van der Waals surface area contributed by atoms with Crippen molar-refractivity contribution in [1.29, 1.82) is 0 Å². The van der Waals surface area contributed by atoms with E-state index in [1.807, 2.05) is 6.92 Å². The van der Waals surface area contributed by atoms with Crippen LogP contribution in [0.1, 0.15) is 46.0 Å². The van der Waals surface area contributed by atoms with Gasteiger partial charge in [0.1, 0.15) is 0 Å². The van der Waals surface area contributed by atoms with Gasteiger partial charge < -0.3 is 0 Å². The molecule has 0 aliphatic heterocycles. The molecule has 12 heavy (non-hydrogen) atoms. The van der Waals surface area contributed by atoms with Gasteiger partial charge in [-0.3, -0.25) is 0 Å². The van der Waals surface area contributed by atoms with Crippen LogP contribution in [0.5, 0.6) is 0 Å². The zero-order chi connectivity index (χ0) is 9.40. The van der Waals surface area contributed by atoms with Gasteiger partial charge in [-0.15, -0.1) is 0 Å². The Morgan fingerprint density at radius 2 is 1.92 bits per heavy atom. The summed E-state index contributed by atoms with van der Waals surface area (Å²) in [4.78, 5) is 0. The van der Waals surface area contributed by atoms with Crippen LogP contribution in [0.25, 0.3) is 0 Å². The van der Waals surface area contributed by atoms with E-state index in [1.54, 1.807) is 0 Å². The second-order valence-corrected chi connectivity index (χ2v) is 3.28. The Bertz CT molecular complexity index is 126. The van der Waals surface area contributed by atoms with E-state index in [9.17, 15) is 8.78 Å². The summed E-state index contributed by atoms with van der Waals surface area (Å²) in [5, 5.41) is 0. The molecule has 0 heterocycles. The highest BCUT2D eigenvalue weighted by molar-refractivity contribution is 4.85. The number of unbranched alkanes of at least 4 members (excludes halogenated alkanes) is 3. The van der Waals surface area contributed by atoms with Crippen molar-refractivity contribution in [3.8, 4) is 0 Å². The maximum absolute atomic E-state index is 11.7. The number of allylic oxidation sites excluding steroid dienone is 1. The molecule has 0 aliphatic carbocycles. The first kappa shape index (κ1) is 11.6. The topological polar surface area (TPSA) is 0 Å². The molecule has 0 spiro atoms. The predicted octanol–water partition coefficient (Wildman–Crippen LogP) is 4.37. The molecule has 0 aromatic carbocycles. The number of hydrogen-bond acceptors (Lipinski definition) is 0. The quantitative estimate of drug-likeness (QED) is 0.527. The molecule has 2 heteroatoms. The molecule has 0 nitrogen and oxygen atoms in total. The largest absolute Gasteiger partial charge is 0.266 e. The fourth-order valence-corrected chi connectivity index (χ4v) is 1.19. The predicted molar refractivity (Wildman–Crippen MR) is 48.2 cm³/mol. The maximum Gasteiger partial charge on any atom is 0.266 e. The van der Waals surface area contributed by atoms with Crippen LogP contribution in [0.15, 0.2) is 12.2 Å². The van der Waals surface area contributed by atoms with Crippen molar-refractivity contribution in [3.63, 3.8) is 0 Å². The van der Waals surface area contributed by atoms with Gasteiger partial charge in [-0.25, -0.2) is 0 Å². The minimum absolute atomic E-state index is 0.0341. The molecule has 0 rings (SSSR count). The van der Waals surface area contributed by atoms with Gasteiger partial charge in [0.15, 0.2) is 0 Å². The Morgan fingerprint density at radius 1 is 1.25 bits per heavy atom. The zero-order valence-electron chi connectivity index (χ0n) is 7.95. The molecule has 1 atom stereocenters. The van der Waals surface area contributed by atoms with Gasteiger partial charge in [-0.1, -0.05) is 39.5 Å². The summed E-state index contributed by atoms with van der Waals surface area (Å²) in [6.45, 7) is 3.98. The lowest BCUT2D eigenvalue weighted by molar-refractivity contribution is 0.406. The van der Waals surface area contributed by atoms with E-state index in [4.69, 9.17) is 0 Å². The second kappa shape index (κ2) is 7.26. The van der Waals surface area contributed by atoms with Crippen LogP contribution in [0, 0.1) is 5.92 Å². The molecule has 0 bridgehead atoms. The lowest BCUT2D eigenvalue weighted by Crippen LogP contribution is -1.89. The van der Waals surface area contributed by atoms with Crippen LogP contribution in [0.3, 0.4) is 0 Å². The van der Waals surface area contributed by atoms with Gasteiger partial charge in [0.25, 0.3) is 6.08 Å². The first-order valence-corrected chi connectivity index (χ1v) is 4.69. The molecule has 0 fully saturated rings. The average molecular weight is 176 g/mol. The SMILES string of the molecule is CCCCCCC(C)C=C(F)F. The van der Waals surface area contributed by atoms with Crippen molar-refractivity contribution in [2.75, 3.05) is 0 Å². The van der Waals surface area contributed by atoms with Crippen molar-refractivity contribution in [3.05, 3.63) is 12.2 Å². The van der Waals surface area contributed by atoms with Gasteiger partial charge in [-0.05, 0) is 18.4 Å². The minimum atomic E-state index is -1.54. The highest BCUT2D eigenvalue weighted by atomic mass is 19.3. The normalized spacial score (nSPS) is 12.7. The Morgan fingerprint density at radius 3 is 2.42 bits per heavy atom. The maximum atomic E-state index is 11.7. The van der Waals surface area contributed by atoms with E-state index < -0.39 is 6.08 Å². The molecule has 72 valence electrons. The van der Waals surface area contributed by atoms with Crippen molar-refractivity contribution in [1.82, 2.24) is 0 Å². The molecule has 0 aromatic rings. The lowest BCUT2D eigenvalue weighted by atomic mass is 10.0. The average Bonchev–Trinajstić information content (AvgIpc) is 1.97. The van der Waals surface area contributed by atoms with Crippen molar-refractivity contribution < 1.29 is 8.78 Å². The third kappa shape index (κ3) is 7.70. The third-order valence-corrected chi connectivity index (χ3v) is 1.92. The van der Waals surface area contributed by atoms with Crippen LogP contribution in [0.2, 0.25) is 0 Å². The van der Waals surface area contributed by atoms with Gasteiger partial charge in [0.05, 0.1) is 0 Å². The van der Waals surface area contributed by atoms with Gasteiger partial charge in [0, 0.05) is 0 Å². The van der Waals surface area contributed by atoms with E-state index in [2.05, 4.69) is 6.92 Å². The monoisotopic (exact) mass is 176 g/mol. The summed E-state index contributed by atoms with van der Waals surface area (Å²) in [7, 11) is 0. The van der Waals surface area contributed by atoms with Gasteiger partial charge >= 0.3 is 0 Å².